The molecule has 0 aliphatic carbocycles. The number of carbonyl (C=O) groups is 1. The molecule has 128 valence electrons. The highest BCUT2D eigenvalue weighted by Crippen LogP contribution is 2.20. The molecule has 0 saturated carbocycles. The molecule has 3 rings (SSSR count). The lowest BCUT2D eigenvalue weighted by Gasteiger charge is -2.05. The number of nitrogens with one attached hydrogen (secondary N) is 1. The molecule has 0 radical (unpaired) electrons. The summed E-state index contributed by atoms with van der Waals surface area (Å²) in [5.41, 5.74) is 3.11. The third-order valence-corrected chi connectivity index (χ3v) is 3.99. The van der Waals surface area contributed by atoms with Crippen LogP contribution in [0.15, 0.2) is 59.4 Å². The van der Waals surface area contributed by atoms with E-state index in [1.54, 1.807) is 30.6 Å². The van der Waals surface area contributed by atoms with E-state index >= 15 is 0 Å². The van der Waals surface area contributed by atoms with Crippen LogP contribution in [0.1, 0.15) is 42.2 Å². The van der Waals surface area contributed by atoms with E-state index in [2.05, 4.69) is 34.5 Å². The Bertz CT molecular complexity index is 810. The third kappa shape index (κ3) is 4.53. The maximum atomic E-state index is 12.3. The molecule has 0 fully saturated rings. The monoisotopic (exact) mass is 335 g/mol. The Hall–Kier alpha value is -2.95. The van der Waals surface area contributed by atoms with E-state index in [1.165, 1.54) is 24.8 Å². The first-order valence-corrected chi connectivity index (χ1v) is 8.53. The average Bonchev–Trinajstić information content (AvgIpc) is 3.14. The number of amides is 1. The van der Waals surface area contributed by atoms with Crippen molar-refractivity contribution in [3.63, 3.8) is 0 Å². The fourth-order valence-corrected chi connectivity index (χ4v) is 2.56. The second-order valence-electron chi connectivity index (χ2n) is 5.92. The standard InChI is InChI=1S/C20H21N3O2/c1-2-3-4-5-15-6-8-17(9-7-15)22-20(24)18-14-19(25-23-18)16-10-12-21-13-11-16/h6-14H,2-5H2,1H3,(H,22,24). The van der Waals surface area contributed by atoms with Gasteiger partial charge in [0, 0.05) is 29.7 Å². The number of aryl methyl sites for hydroxylation is 1. The molecule has 0 aliphatic heterocycles. The number of unbranched alkanes of at least 4 members (excludes halogenated alkanes) is 2. The van der Waals surface area contributed by atoms with E-state index in [0.29, 0.717) is 5.76 Å². The van der Waals surface area contributed by atoms with Crippen LogP contribution in [0.5, 0.6) is 0 Å². The van der Waals surface area contributed by atoms with E-state index in [0.717, 1.165) is 17.7 Å². The fourth-order valence-electron chi connectivity index (χ4n) is 2.56. The van der Waals surface area contributed by atoms with E-state index < -0.39 is 0 Å². The van der Waals surface area contributed by atoms with Gasteiger partial charge in [0.05, 0.1) is 0 Å². The van der Waals surface area contributed by atoms with Gasteiger partial charge in [-0.25, -0.2) is 0 Å². The summed E-state index contributed by atoms with van der Waals surface area (Å²) in [6.07, 6.45) is 8.05. The van der Waals surface area contributed by atoms with Crippen LogP contribution < -0.4 is 5.32 Å². The molecule has 0 bridgehead atoms. The van der Waals surface area contributed by atoms with Gasteiger partial charge in [0.15, 0.2) is 11.5 Å². The van der Waals surface area contributed by atoms with Crippen molar-refractivity contribution in [3.05, 3.63) is 66.1 Å². The zero-order chi connectivity index (χ0) is 17.5. The molecule has 0 saturated heterocycles. The largest absolute Gasteiger partial charge is 0.355 e. The third-order valence-electron chi connectivity index (χ3n) is 3.99. The summed E-state index contributed by atoms with van der Waals surface area (Å²) in [5, 5.41) is 6.69. The molecular weight excluding hydrogens is 314 g/mol. The lowest BCUT2D eigenvalue weighted by atomic mass is 10.1. The predicted molar refractivity (Wildman–Crippen MR) is 97.4 cm³/mol. The Kier molecular flexibility index (Phi) is 5.57. The molecule has 25 heavy (non-hydrogen) atoms. The lowest BCUT2D eigenvalue weighted by Crippen LogP contribution is -2.12. The van der Waals surface area contributed by atoms with Gasteiger partial charge in [-0.1, -0.05) is 37.1 Å². The van der Waals surface area contributed by atoms with Crippen molar-refractivity contribution in [1.82, 2.24) is 10.1 Å². The van der Waals surface area contributed by atoms with E-state index in [-0.39, 0.29) is 11.6 Å². The number of carbonyl (C=O) groups excluding carboxylic acids is 1. The van der Waals surface area contributed by atoms with Gasteiger partial charge < -0.3 is 9.84 Å². The van der Waals surface area contributed by atoms with Gasteiger partial charge in [-0.3, -0.25) is 9.78 Å². The zero-order valence-electron chi connectivity index (χ0n) is 14.2. The van der Waals surface area contributed by atoms with Gasteiger partial charge in [0.25, 0.3) is 5.91 Å². The van der Waals surface area contributed by atoms with Crippen LogP contribution in [0.4, 0.5) is 5.69 Å². The first-order chi connectivity index (χ1) is 12.3. The second kappa shape index (κ2) is 8.24. The van der Waals surface area contributed by atoms with E-state index in [4.69, 9.17) is 4.52 Å². The van der Waals surface area contributed by atoms with Gasteiger partial charge in [0.2, 0.25) is 0 Å². The Morgan fingerprint density at radius 3 is 2.56 bits per heavy atom. The SMILES string of the molecule is CCCCCc1ccc(NC(=O)c2cc(-c3ccncc3)on2)cc1. The Labute approximate surface area is 147 Å². The molecule has 0 aliphatic rings. The highest BCUT2D eigenvalue weighted by molar-refractivity contribution is 6.03. The van der Waals surface area contributed by atoms with Gasteiger partial charge >= 0.3 is 0 Å². The van der Waals surface area contributed by atoms with E-state index in [1.807, 2.05) is 12.1 Å². The van der Waals surface area contributed by atoms with Crippen LogP contribution in [0.3, 0.4) is 0 Å². The van der Waals surface area contributed by atoms with Crippen LogP contribution in [-0.2, 0) is 6.42 Å². The molecule has 2 heterocycles. The van der Waals surface area contributed by atoms with Gasteiger partial charge in [-0.2, -0.15) is 0 Å². The first kappa shape index (κ1) is 16.9. The van der Waals surface area contributed by atoms with Crippen molar-refractivity contribution in [2.75, 3.05) is 5.32 Å². The molecule has 5 nitrogen and oxygen atoms in total. The number of hydrogen-bond donors (Lipinski definition) is 1. The van der Waals surface area contributed by atoms with Gasteiger partial charge in [-0.15, -0.1) is 0 Å². The van der Waals surface area contributed by atoms with E-state index in [9.17, 15) is 4.79 Å². The molecule has 2 aromatic heterocycles. The second-order valence-corrected chi connectivity index (χ2v) is 5.92. The fraction of sp³-hybridized carbons (Fsp3) is 0.250. The number of hydrogen-bond acceptors (Lipinski definition) is 4. The highest BCUT2D eigenvalue weighted by atomic mass is 16.5. The summed E-state index contributed by atoms with van der Waals surface area (Å²) in [6, 6.07) is 13.2. The number of nitrogens with zero attached hydrogens (tertiary/aromatic N) is 2. The van der Waals surface area contributed by atoms with Crippen molar-refractivity contribution in [1.29, 1.82) is 0 Å². The topological polar surface area (TPSA) is 68.0 Å². The van der Waals surface area contributed by atoms with Crippen LogP contribution in [0.2, 0.25) is 0 Å². The van der Waals surface area contributed by atoms with Crippen LogP contribution in [0.25, 0.3) is 11.3 Å². The first-order valence-electron chi connectivity index (χ1n) is 8.53. The smallest absolute Gasteiger partial charge is 0.277 e. The quantitative estimate of drug-likeness (QED) is 0.634. The summed E-state index contributed by atoms with van der Waals surface area (Å²) in [7, 11) is 0. The minimum atomic E-state index is -0.289. The number of anilines is 1. The van der Waals surface area contributed by atoms with Crippen molar-refractivity contribution in [2.45, 2.75) is 32.6 Å². The highest BCUT2D eigenvalue weighted by Gasteiger charge is 2.13. The molecule has 1 amide bonds. The summed E-state index contributed by atoms with van der Waals surface area (Å²) in [6.45, 7) is 2.20. The van der Waals surface area contributed by atoms with Crippen molar-refractivity contribution in [2.24, 2.45) is 0 Å². The molecule has 0 spiro atoms. The maximum absolute atomic E-state index is 12.3. The summed E-state index contributed by atoms with van der Waals surface area (Å²) in [4.78, 5) is 16.3. The molecule has 0 unspecified atom stereocenters. The average molecular weight is 335 g/mol. The van der Waals surface area contributed by atoms with Gasteiger partial charge in [-0.05, 0) is 42.7 Å². The maximum Gasteiger partial charge on any atom is 0.277 e. The van der Waals surface area contributed by atoms with Gasteiger partial charge in [0.1, 0.15) is 0 Å². The minimum Gasteiger partial charge on any atom is -0.355 e. The zero-order valence-corrected chi connectivity index (χ0v) is 14.2. The molecule has 1 N–H and O–H groups in total. The Balaban J connectivity index is 1.61. The van der Waals surface area contributed by atoms with Crippen molar-refractivity contribution < 1.29 is 9.32 Å². The normalized spacial score (nSPS) is 10.6. The minimum absolute atomic E-state index is 0.249. The molecule has 1 aromatic carbocycles. The molecule has 5 heteroatoms. The predicted octanol–water partition coefficient (Wildman–Crippen LogP) is 4.72. The molecular formula is C20H21N3O2. The number of pyridine rings is 1. The number of rotatable bonds is 7. The van der Waals surface area contributed by atoms with Crippen LogP contribution in [-0.4, -0.2) is 16.0 Å². The Morgan fingerprint density at radius 2 is 1.84 bits per heavy atom. The number of aromatic nitrogens is 2. The summed E-state index contributed by atoms with van der Waals surface area (Å²) < 4.78 is 5.24. The molecule has 0 atom stereocenters. The summed E-state index contributed by atoms with van der Waals surface area (Å²) in [5.74, 6) is 0.251. The summed E-state index contributed by atoms with van der Waals surface area (Å²) >= 11 is 0. The Morgan fingerprint density at radius 1 is 1.08 bits per heavy atom. The molecule has 3 aromatic rings. The van der Waals surface area contributed by atoms with Crippen molar-refractivity contribution in [3.8, 4) is 11.3 Å². The van der Waals surface area contributed by atoms with Crippen LogP contribution >= 0.6 is 0 Å². The lowest BCUT2D eigenvalue weighted by molar-refractivity contribution is 0.101. The van der Waals surface area contributed by atoms with Crippen LogP contribution in [0, 0.1) is 0 Å². The number of benzene rings is 1. The van der Waals surface area contributed by atoms with Crippen molar-refractivity contribution >= 4 is 11.6 Å².